The highest BCUT2D eigenvalue weighted by Gasteiger charge is 2.27. The summed E-state index contributed by atoms with van der Waals surface area (Å²) in [5.74, 6) is -0.270. The molecule has 4 aromatic rings. The van der Waals surface area contributed by atoms with E-state index in [1.807, 2.05) is 85.5 Å². The minimum atomic E-state index is -0.209. The molecule has 3 aromatic carbocycles. The quantitative estimate of drug-likeness (QED) is 0.430. The lowest BCUT2D eigenvalue weighted by atomic mass is 9.93. The van der Waals surface area contributed by atoms with Crippen LogP contribution < -0.4 is 5.32 Å². The highest BCUT2D eigenvalue weighted by Crippen LogP contribution is 2.29. The van der Waals surface area contributed by atoms with Crippen molar-refractivity contribution in [2.24, 2.45) is 0 Å². The Labute approximate surface area is 205 Å². The van der Waals surface area contributed by atoms with E-state index < -0.39 is 0 Å². The average Bonchev–Trinajstić information content (AvgIpc) is 3.33. The van der Waals surface area contributed by atoms with E-state index in [1.165, 1.54) is 11.1 Å². The standard InChI is InChI=1S/C30H27N3O2/c1-20-12-13-22(16-31-20)17-32-29(34)27-14-26(23-8-4-3-5-9-23)15-28(21(27)2)30(35)33-18-24-10-6-7-11-25(24)19-33/h3-16H,17-19H2,1-2H3,(H,32,34). The number of nitrogens with one attached hydrogen (secondary N) is 1. The zero-order valence-corrected chi connectivity index (χ0v) is 19.9. The monoisotopic (exact) mass is 461 g/mol. The fraction of sp³-hybridized carbons (Fsp3) is 0.167. The zero-order valence-electron chi connectivity index (χ0n) is 19.9. The number of amides is 2. The molecule has 0 fully saturated rings. The van der Waals surface area contributed by atoms with Gasteiger partial charge in [0.25, 0.3) is 11.8 Å². The first-order valence-electron chi connectivity index (χ1n) is 11.8. The van der Waals surface area contributed by atoms with Crippen LogP contribution in [0.15, 0.2) is 85.1 Å². The Kier molecular flexibility index (Phi) is 6.15. The molecule has 0 unspecified atom stereocenters. The summed E-state index contributed by atoms with van der Waals surface area (Å²) < 4.78 is 0. The zero-order chi connectivity index (χ0) is 24.4. The van der Waals surface area contributed by atoms with Gasteiger partial charge in [-0.25, -0.2) is 0 Å². The minimum Gasteiger partial charge on any atom is -0.348 e. The smallest absolute Gasteiger partial charge is 0.254 e. The number of carbonyl (C=O) groups is 2. The molecule has 2 heterocycles. The van der Waals surface area contributed by atoms with Crippen LogP contribution in [0.5, 0.6) is 0 Å². The highest BCUT2D eigenvalue weighted by atomic mass is 16.2. The van der Waals surface area contributed by atoms with Crippen LogP contribution in [0.3, 0.4) is 0 Å². The van der Waals surface area contributed by atoms with Crippen molar-refractivity contribution in [1.29, 1.82) is 0 Å². The SMILES string of the molecule is Cc1ccc(CNC(=O)c2cc(-c3ccccc3)cc(C(=O)N3Cc4ccccc4C3)c2C)cn1. The molecular formula is C30H27N3O2. The van der Waals surface area contributed by atoms with E-state index in [-0.39, 0.29) is 11.8 Å². The van der Waals surface area contributed by atoms with Gasteiger partial charge in [-0.05, 0) is 65.4 Å². The van der Waals surface area contributed by atoms with Gasteiger partial charge < -0.3 is 10.2 Å². The lowest BCUT2D eigenvalue weighted by Crippen LogP contribution is -2.28. The van der Waals surface area contributed by atoms with Crippen molar-refractivity contribution in [3.05, 3.63) is 124 Å². The van der Waals surface area contributed by atoms with Crippen molar-refractivity contribution in [3.8, 4) is 11.1 Å². The maximum absolute atomic E-state index is 13.7. The maximum Gasteiger partial charge on any atom is 0.254 e. The van der Waals surface area contributed by atoms with E-state index in [0.717, 1.165) is 22.4 Å². The molecule has 0 atom stereocenters. The second kappa shape index (κ2) is 9.55. The Bertz CT molecular complexity index is 1370. The lowest BCUT2D eigenvalue weighted by molar-refractivity contribution is 0.0750. The molecule has 0 saturated carbocycles. The fourth-order valence-corrected chi connectivity index (χ4v) is 4.50. The second-order valence-electron chi connectivity index (χ2n) is 8.98. The lowest BCUT2D eigenvalue weighted by Gasteiger charge is -2.20. The van der Waals surface area contributed by atoms with Gasteiger partial charge in [-0.15, -0.1) is 0 Å². The topological polar surface area (TPSA) is 62.3 Å². The average molecular weight is 462 g/mol. The molecule has 0 saturated heterocycles. The van der Waals surface area contributed by atoms with Gasteiger partial charge in [0.15, 0.2) is 0 Å². The first-order valence-corrected chi connectivity index (χ1v) is 11.8. The molecule has 174 valence electrons. The highest BCUT2D eigenvalue weighted by molar-refractivity contribution is 6.04. The number of nitrogens with zero attached hydrogens (tertiary/aromatic N) is 2. The van der Waals surface area contributed by atoms with E-state index in [0.29, 0.717) is 36.3 Å². The summed E-state index contributed by atoms with van der Waals surface area (Å²) in [5.41, 5.74) is 7.75. The largest absolute Gasteiger partial charge is 0.348 e. The number of hydrogen-bond donors (Lipinski definition) is 1. The maximum atomic E-state index is 13.7. The van der Waals surface area contributed by atoms with E-state index in [9.17, 15) is 9.59 Å². The normalized spacial score (nSPS) is 12.3. The Morgan fingerprint density at radius 1 is 0.829 bits per heavy atom. The molecule has 0 bridgehead atoms. The van der Waals surface area contributed by atoms with Gasteiger partial charge >= 0.3 is 0 Å². The number of carbonyl (C=O) groups excluding carboxylic acids is 2. The summed E-state index contributed by atoms with van der Waals surface area (Å²) in [6.07, 6.45) is 1.77. The van der Waals surface area contributed by atoms with Crippen LogP contribution in [-0.4, -0.2) is 21.7 Å². The molecule has 5 heteroatoms. The molecule has 1 N–H and O–H groups in total. The number of benzene rings is 3. The molecule has 35 heavy (non-hydrogen) atoms. The number of fused-ring (bicyclic) bond motifs is 1. The van der Waals surface area contributed by atoms with Crippen molar-refractivity contribution in [1.82, 2.24) is 15.2 Å². The summed E-state index contributed by atoms with van der Waals surface area (Å²) in [5, 5.41) is 3.00. The summed E-state index contributed by atoms with van der Waals surface area (Å²) in [4.78, 5) is 33.1. The van der Waals surface area contributed by atoms with Crippen molar-refractivity contribution < 1.29 is 9.59 Å². The van der Waals surface area contributed by atoms with Crippen molar-refractivity contribution >= 4 is 11.8 Å². The molecule has 0 radical (unpaired) electrons. The molecule has 1 aromatic heterocycles. The predicted molar refractivity (Wildman–Crippen MR) is 137 cm³/mol. The first kappa shape index (κ1) is 22.5. The van der Waals surface area contributed by atoms with Gasteiger partial charge in [-0.3, -0.25) is 14.6 Å². The molecule has 2 amide bonds. The van der Waals surface area contributed by atoms with E-state index in [4.69, 9.17) is 0 Å². The molecule has 1 aliphatic heterocycles. The number of aryl methyl sites for hydroxylation is 1. The van der Waals surface area contributed by atoms with Gasteiger partial charge in [0.2, 0.25) is 0 Å². The van der Waals surface area contributed by atoms with Crippen LogP contribution in [0.25, 0.3) is 11.1 Å². The summed E-state index contributed by atoms with van der Waals surface area (Å²) in [6, 6.07) is 25.6. The van der Waals surface area contributed by atoms with Crippen LogP contribution >= 0.6 is 0 Å². The molecule has 1 aliphatic rings. The summed E-state index contributed by atoms with van der Waals surface area (Å²) >= 11 is 0. The van der Waals surface area contributed by atoms with Crippen LogP contribution in [-0.2, 0) is 19.6 Å². The third kappa shape index (κ3) is 4.71. The van der Waals surface area contributed by atoms with Crippen LogP contribution in [0.2, 0.25) is 0 Å². The third-order valence-electron chi connectivity index (χ3n) is 6.54. The van der Waals surface area contributed by atoms with Crippen molar-refractivity contribution in [2.45, 2.75) is 33.5 Å². The Morgan fingerprint density at radius 3 is 2.14 bits per heavy atom. The Balaban J connectivity index is 1.48. The number of rotatable bonds is 5. The van der Waals surface area contributed by atoms with E-state index in [1.54, 1.807) is 6.20 Å². The number of pyridine rings is 1. The van der Waals surface area contributed by atoms with Gasteiger partial charge in [-0.2, -0.15) is 0 Å². The summed E-state index contributed by atoms with van der Waals surface area (Å²) in [7, 11) is 0. The Hall–Kier alpha value is -4.25. The van der Waals surface area contributed by atoms with Gasteiger partial charge in [0.05, 0.1) is 0 Å². The fourth-order valence-electron chi connectivity index (χ4n) is 4.50. The Morgan fingerprint density at radius 2 is 1.49 bits per heavy atom. The van der Waals surface area contributed by atoms with Gasteiger partial charge in [-0.1, -0.05) is 60.7 Å². The second-order valence-corrected chi connectivity index (χ2v) is 8.98. The predicted octanol–water partition coefficient (Wildman–Crippen LogP) is 5.45. The minimum absolute atomic E-state index is 0.0618. The van der Waals surface area contributed by atoms with Gasteiger partial charge in [0, 0.05) is 42.7 Å². The molecule has 0 aliphatic carbocycles. The van der Waals surface area contributed by atoms with E-state index in [2.05, 4.69) is 22.4 Å². The summed E-state index contributed by atoms with van der Waals surface area (Å²) in [6.45, 7) is 5.30. The van der Waals surface area contributed by atoms with Crippen molar-refractivity contribution in [3.63, 3.8) is 0 Å². The molecular weight excluding hydrogens is 434 g/mol. The molecule has 0 spiro atoms. The van der Waals surface area contributed by atoms with Crippen LogP contribution in [0, 0.1) is 13.8 Å². The van der Waals surface area contributed by atoms with Crippen LogP contribution in [0.4, 0.5) is 0 Å². The number of hydrogen-bond acceptors (Lipinski definition) is 3. The van der Waals surface area contributed by atoms with Crippen molar-refractivity contribution in [2.75, 3.05) is 0 Å². The molecule has 5 nitrogen and oxygen atoms in total. The molecule has 5 rings (SSSR count). The number of aromatic nitrogens is 1. The van der Waals surface area contributed by atoms with Crippen LogP contribution in [0.1, 0.15) is 48.7 Å². The van der Waals surface area contributed by atoms with E-state index >= 15 is 0 Å². The van der Waals surface area contributed by atoms with Gasteiger partial charge in [0.1, 0.15) is 0 Å². The first-order chi connectivity index (χ1) is 17.0. The third-order valence-corrected chi connectivity index (χ3v) is 6.54.